The van der Waals surface area contributed by atoms with E-state index < -0.39 is 0 Å². The Morgan fingerprint density at radius 3 is 2.54 bits per heavy atom. The number of aryl methyl sites for hydroxylation is 1. The molecule has 0 bridgehead atoms. The smallest absolute Gasteiger partial charge is 0.170 e. The van der Waals surface area contributed by atoms with Crippen LogP contribution in [0.25, 0.3) is 0 Å². The van der Waals surface area contributed by atoms with Gasteiger partial charge in [-0.1, -0.05) is 43.5 Å². The van der Waals surface area contributed by atoms with E-state index in [9.17, 15) is 0 Å². The molecule has 3 aromatic rings. The number of para-hydroxylation sites is 1. The topological polar surface area (TPSA) is 45.1 Å². The highest BCUT2D eigenvalue weighted by Crippen LogP contribution is 2.42. The van der Waals surface area contributed by atoms with Gasteiger partial charge in [0.15, 0.2) is 5.11 Å². The first-order chi connectivity index (χ1) is 17.1. The Morgan fingerprint density at radius 2 is 1.80 bits per heavy atom. The van der Waals surface area contributed by atoms with Crippen LogP contribution in [-0.4, -0.2) is 32.7 Å². The Morgan fingerprint density at radius 1 is 1.03 bits per heavy atom. The molecule has 2 fully saturated rings. The lowest BCUT2D eigenvalue weighted by atomic mass is 9.94. The first-order valence-electron chi connectivity index (χ1n) is 13.1. The van der Waals surface area contributed by atoms with E-state index in [-0.39, 0.29) is 12.1 Å². The maximum absolute atomic E-state index is 5.91. The van der Waals surface area contributed by atoms with E-state index in [2.05, 4.69) is 76.4 Å². The number of hydrogen-bond donors (Lipinski definition) is 2. The number of thiocarbonyl (C=S) groups is 1. The molecular formula is C29H37N5S. The average Bonchev–Trinajstić information content (AvgIpc) is 3.38. The molecule has 0 unspecified atom stereocenters. The molecule has 1 aliphatic carbocycles. The number of rotatable bonds is 8. The Kier molecular flexibility index (Phi) is 7.37. The van der Waals surface area contributed by atoms with Crippen molar-refractivity contribution in [2.24, 2.45) is 0 Å². The van der Waals surface area contributed by atoms with Gasteiger partial charge in [0.1, 0.15) is 0 Å². The predicted molar refractivity (Wildman–Crippen MR) is 148 cm³/mol. The van der Waals surface area contributed by atoms with Crippen molar-refractivity contribution < 1.29 is 0 Å². The van der Waals surface area contributed by atoms with Gasteiger partial charge in [0.05, 0.1) is 17.8 Å². The monoisotopic (exact) mass is 487 g/mol. The number of anilines is 1. The van der Waals surface area contributed by atoms with Gasteiger partial charge in [-0.3, -0.25) is 4.98 Å². The molecule has 2 aliphatic rings. The molecule has 2 atom stereocenters. The van der Waals surface area contributed by atoms with Gasteiger partial charge in [0, 0.05) is 42.4 Å². The highest BCUT2D eigenvalue weighted by atomic mass is 32.1. The number of nitrogens with zero attached hydrogens (tertiary/aromatic N) is 3. The lowest BCUT2D eigenvalue weighted by Crippen LogP contribution is -2.31. The van der Waals surface area contributed by atoms with E-state index in [0.717, 1.165) is 36.0 Å². The molecule has 0 spiro atoms. The summed E-state index contributed by atoms with van der Waals surface area (Å²) in [6.45, 7) is 6.39. The number of nitrogens with one attached hydrogen (secondary N) is 2. The molecular weight excluding hydrogens is 450 g/mol. The molecule has 1 aliphatic heterocycles. The summed E-state index contributed by atoms with van der Waals surface area (Å²) in [4.78, 5) is 7.12. The second-order valence-electron chi connectivity index (χ2n) is 9.95. The van der Waals surface area contributed by atoms with E-state index in [1.54, 1.807) is 0 Å². The molecule has 6 heteroatoms. The summed E-state index contributed by atoms with van der Waals surface area (Å²) in [6.07, 6.45) is 9.51. The van der Waals surface area contributed by atoms with Crippen LogP contribution in [0.2, 0.25) is 0 Å². The normalized spacial score (nSPS) is 20.7. The summed E-state index contributed by atoms with van der Waals surface area (Å²) in [6, 6.07) is 19.8. The maximum atomic E-state index is 5.91. The van der Waals surface area contributed by atoms with Crippen LogP contribution < -0.4 is 10.6 Å². The summed E-state index contributed by atoms with van der Waals surface area (Å²) in [5.74, 6) is 0. The van der Waals surface area contributed by atoms with Crippen LogP contribution in [0.1, 0.15) is 79.3 Å². The van der Waals surface area contributed by atoms with E-state index in [0.29, 0.717) is 6.04 Å². The van der Waals surface area contributed by atoms with Crippen LogP contribution >= 0.6 is 12.2 Å². The molecule has 35 heavy (non-hydrogen) atoms. The fraction of sp³-hybridized carbons (Fsp3) is 0.448. The maximum Gasteiger partial charge on any atom is 0.170 e. The van der Waals surface area contributed by atoms with Crippen LogP contribution in [0.4, 0.5) is 5.69 Å². The lowest BCUT2D eigenvalue weighted by molar-refractivity contribution is 0.311. The van der Waals surface area contributed by atoms with Crippen molar-refractivity contribution in [2.45, 2.75) is 70.5 Å². The largest absolute Gasteiger partial charge is 0.385 e. The highest BCUT2D eigenvalue weighted by molar-refractivity contribution is 7.80. The Hall–Kier alpha value is -2.86. The molecule has 1 aromatic carbocycles. The van der Waals surface area contributed by atoms with E-state index in [1.807, 2.05) is 18.3 Å². The second-order valence-corrected chi connectivity index (χ2v) is 10.3. The van der Waals surface area contributed by atoms with Gasteiger partial charge in [0.25, 0.3) is 0 Å². The Balaban J connectivity index is 1.41. The predicted octanol–water partition coefficient (Wildman–Crippen LogP) is 6.48. The third-order valence-electron chi connectivity index (χ3n) is 7.66. The first-order valence-corrected chi connectivity index (χ1v) is 13.5. The quantitative estimate of drug-likeness (QED) is 0.281. The fourth-order valence-electron chi connectivity index (χ4n) is 6.03. The zero-order valence-electron chi connectivity index (χ0n) is 20.9. The van der Waals surface area contributed by atoms with E-state index in [4.69, 9.17) is 17.2 Å². The number of pyridine rings is 1. The van der Waals surface area contributed by atoms with Crippen LogP contribution in [0.3, 0.4) is 0 Å². The Labute approximate surface area is 215 Å². The van der Waals surface area contributed by atoms with E-state index >= 15 is 0 Å². The highest BCUT2D eigenvalue weighted by Gasteiger charge is 2.41. The van der Waals surface area contributed by atoms with Crippen molar-refractivity contribution in [2.75, 3.05) is 18.4 Å². The van der Waals surface area contributed by atoms with Crippen LogP contribution in [0.5, 0.6) is 0 Å². The Bertz CT molecular complexity index is 1120. The number of hydrogen-bond acceptors (Lipinski definition) is 3. The molecule has 184 valence electrons. The van der Waals surface area contributed by atoms with Gasteiger partial charge in [-0.25, -0.2) is 0 Å². The fourth-order valence-corrected chi connectivity index (χ4v) is 6.36. The average molecular weight is 488 g/mol. The molecule has 2 aromatic heterocycles. The minimum absolute atomic E-state index is 0.0473. The zero-order chi connectivity index (χ0) is 24.2. The number of benzene rings is 1. The molecule has 2 N–H and O–H groups in total. The van der Waals surface area contributed by atoms with Gasteiger partial charge >= 0.3 is 0 Å². The lowest BCUT2D eigenvalue weighted by Gasteiger charge is -2.30. The van der Waals surface area contributed by atoms with Crippen molar-refractivity contribution in [3.8, 4) is 0 Å². The van der Waals surface area contributed by atoms with Crippen LogP contribution in [-0.2, 0) is 0 Å². The molecule has 3 heterocycles. The first kappa shape index (κ1) is 23.9. The van der Waals surface area contributed by atoms with Gasteiger partial charge < -0.3 is 20.1 Å². The standard InChI is InChI=1S/C29H37N5S/c1-21-20-25(22(2)34(21)24-14-7-4-8-15-24)28-27(26-16-9-10-17-31-26)32-29(35)33(28)19-11-18-30-23-12-5-3-6-13-23/h3,5-6,9-10,12-13,16-17,20,24,27-28,30H,4,7-8,11,14-15,18-19H2,1-2H3,(H,32,35)/t27-,28+/m0/s1. The van der Waals surface area contributed by atoms with Crippen LogP contribution in [0, 0.1) is 13.8 Å². The van der Waals surface area contributed by atoms with Crippen molar-refractivity contribution in [3.05, 3.63) is 83.4 Å². The summed E-state index contributed by atoms with van der Waals surface area (Å²) in [5, 5.41) is 8.00. The zero-order valence-corrected chi connectivity index (χ0v) is 21.7. The minimum atomic E-state index is 0.0473. The number of aromatic nitrogens is 2. The van der Waals surface area contributed by atoms with Crippen molar-refractivity contribution in [1.82, 2.24) is 19.8 Å². The minimum Gasteiger partial charge on any atom is -0.385 e. The third kappa shape index (κ3) is 5.08. The second kappa shape index (κ2) is 10.8. The van der Waals surface area contributed by atoms with E-state index in [1.165, 1.54) is 49.1 Å². The molecule has 5 nitrogen and oxygen atoms in total. The summed E-state index contributed by atoms with van der Waals surface area (Å²) < 4.78 is 2.61. The molecule has 0 radical (unpaired) electrons. The van der Waals surface area contributed by atoms with Gasteiger partial charge in [-0.05, 0) is 81.2 Å². The summed E-state index contributed by atoms with van der Waals surface area (Å²) in [5.41, 5.74) is 6.35. The van der Waals surface area contributed by atoms with Crippen molar-refractivity contribution in [3.63, 3.8) is 0 Å². The summed E-state index contributed by atoms with van der Waals surface area (Å²) >= 11 is 5.91. The van der Waals surface area contributed by atoms with Crippen LogP contribution in [0.15, 0.2) is 60.8 Å². The third-order valence-corrected chi connectivity index (χ3v) is 8.01. The summed E-state index contributed by atoms with van der Waals surface area (Å²) in [7, 11) is 0. The molecule has 5 rings (SSSR count). The van der Waals surface area contributed by atoms with Crippen molar-refractivity contribution in [1.29, 1.82) is 0 Å². The molecule has 1 saturated carbocycles. The van der Waals surface area contributed by atoms with Gasteiger partial charge in [-0.2, -0.15) is 0 Å². The van der Waals surface area contributed by atoms with Gasteiger partial charge in [0.2, 0.25) is 0 Å². The molecule has 1 saturated heterocycles. The van der Waals surface area contributed by atoms with Crippen molar-refractivity contribution >= 4 is 23.0 Å². The van der Waals surface area contributed by atoms with Gasteiger partial charge in [-0.15, -0.1) is 0 Å². The molecule has 0 amide bonds. The SMILES string of the molecule is Cc1cc([C@@H]2[C@H](c3ccccn3)NC(=S)N2CCCNc2ccccc2)c(C)n1C1CCCCC1.